The van der Waals surface area contributed by atoms with Crippen LogP contribution in [0.25, 0.3) is 0 Å². The van der Waals surface area contributed by atoms with Gasteiger partial charge in [0.25, 0.3) is 0 Å². The van der Waals surface area contributed by atoms with Crippen LogP contribution in [0.3, 0.4) is 0 Å². The van der Waals surface area contributed by atoms with Crippen LogP contribution in [0, 0.1) is 10.1 Å². The van der Waals surface area contributed by atoms with Gasteiger partial charge in [0.15, 0.2) is 0 Å². The number of carbonyl (C=O) groups is 1. The molecule has 82 valence electrons. The number of halogens is 1. The summed E-state index contributed by atoms with van der Waals surface area (Å²) in [7, 11) is 1.14. The summed E-state index contributed by atoms with van der Waals surface area (Å²) in [5.74, 6) is -0.839. The average Bonchev–Trinajstić information content (AvgIpc) is 2.27. The van der Waals surface area contributed by atoms with Gasteiger partial charge in [0.05, 0.1) is 13.5 Å². The van der Waals surface area contributed by atoms with Crippen molar-refractivity contribution in [3.8, 4) is 0 Å². The van der Waals surface area contributed by atoms with Crippen LogP contribution in [-0.2, 0) is 9.53 Å². The SMILES string of the molecule is COC(=O)C1([N+](=O)[O-])C=CC(CBr)=CC1. The molecule has 0 saturated heterocycles. The van der Waals surface area contributed by atoms with E-state index in [1.807, 2.05) is 0 Å². The van der Waals surface area contributed by atoms with Crippen molar-refractivity contribution >= 4 is 21.9 Å². The third-order valence-electron chi connectivity index (χ3n) is 2.27. The van der Waals surface area contributed by atoms with Crippen LogP contribution in [-0.4, -0.2) is 28.9 Å². The molecule has 0 N–H and O–H groups in total. The van der Waals surface area contributed by atoms with Crippen molar-refractivity contribution in [2.24, 2.45) is 0 Å². The van der Waals surface area contributed by atoms with Gasteiger partial charge in [-0.2, -0.15) is 0 Å². The van der Waals surface area contributed by atoms with Crippen molar-refractivity contribution in [2.45, 2.75) is 12.0 Å². The summed E-state index contributed by atoms with van der Waals surface area (Å²) in [4.78, 5) is 21.6. The molecule has 1 rings (SSSR count). The smallest absolute Gasteiger partial charge is 0.389 e. The Hall–Kier alpha value is -1.17. The third-order valence-corrected chi connectivity index (χ3v) is 2.92. The van der Waals surface area contributed by atoms with E-state index in [2.05, 4.69) is 20.7 Å². The number of esters is 1. The van der Waals surface area contributed by atoms with Gasteiger partial charge < -0.3 is 4.74 Å². The molecule has 0 aromatic rings. The second-order valence-corrected chi connectivity index (χ2v) is 3.68. The summed E-state index contributed by atoms with van der Waals surface area (Å²) in [5.41, 5.74) is -0.836. The Balaban J connectivity index is 3.00. The Morgan fingerprint density at radius 1 is 1.80 bits per heavy atom. The van der Waals surface area contributed by atoms with Gasteiger partial charge in [-0.1, -0.05) is 28.1 Å². The minimum absolute atomic E-state index is 0.0319. The van der Waals surface area contributed by atoms with E-state index >= 15 is 0 Å². The third kappa shape index (κ3) is 2.09. The number of allylic oxidation sites excluding steroid dienone is 2. The quantitative estimate of drug-likeness (QED) is 0.338. The topological polar surface area (TPSA) is 69.4 Å². The number of nitrogens with zero attached hydrogens (tertiary/aromatic N) is 1. The fraction of sp³-hybridized carbons (Fsp3) is 0.444. The molecular formula is C9H10BrNO4. The maximum atomic E-state index is 11.4. The Morgan fingerprint density at radius 2 is 2.47 bits per heavy atom. The van der Waals surface area contributed by atoms with Crippen LogP contribution < -0.4 is 0 Å². The predicted molar refractivity (Wildman–Crippen MR) is 57.4 cm³/mol. The summed E-state index contributed by atoms with van der Waals surface area (Å²) in [6.45, 7) is 0. The molecule has 1 aliphatic rings. The molecule has 15 heavy (non-hydrogen) atoms. The molecule has 0 saturated carbocycles. The van der Waals surface area contributed by atoms with Crippen LogP contribution >= 0.6 is 15.9 Å². The summed E-state index contributed by atoms with van der Waals surface area (Å²) >= 11 is 3.23. The van der Waals surface area contributed by atoms with E-state index in [1.165, 1.54) is 6.08 Å². The summed E-state index contributed by atoms with van der Waals surface area (Å²) < 4.78 is 4.45. The fourth-order valence-corrected chi connectivity index (χ4v) is 1.72. The monoisotopic (exact) mass is 275 g/mol. The van der Waals surface area contributed by atoms with E-state index in [1.54, 1.807) is 12.2 Å². The molecule has 1 unspecified atom stereocenters. The van der Waals surface area contributed by atoms with E-state index in [-0.39, 0.29) is 6.42 Å². The van der Waals surface area contributed by atoms with Crippen LogP contribution in [0.5, 0.6) is 0 Å². The second kappa shape index (κ2) is 4.57. The number of carbonyl (C=O) groups excluding carboxylic acids is 1. The minimum Gasteiger partial charge on any atom is -0.463 e. The highest BCUT2D eigenvalue weighted by Gasteiger charge is 2.50. The first-order valence-electron chi connectivity index (χ1n) is 4.24. The molecule has 5 nitrogen and oxygen atoms in total. The maximum Gasteiger partial charge on any atom is 0.389 e. The Labute approximate surface area is 95.1 Å². The fourth-order valence-electron chi connectivity index (χ4n) is 1.30. The highest BCUT2D eigenvalue weighted by atomic mass is 79.9. The molecule has 0 radical (unpaired) electrons. The zero-order valence-corrected chi connectivity index (χ0v) is 9.69. The van der Waals surface area contributed by atoms with E-state index in [4.69, 9.17) is 0 Å². The first-order valence-corrected chi connectivity index (χ1v) is 5.36. The van der Waals surface area contributed by atoms with Crippen molar-refractivity contribution in [3.63, 3.8) is 0 Å². The number of ether oxygens (including phenoxy) is 1. The number of methoxy groups -OCH3 is 1. The van der Waals surface area contributed by atoms with E-state index < -0.39 is 16.4 Å². The van der Waals surface area contributed by atoms with Crippen molar-refractivity contribution in [3.05, 3.63) is 33.9 Å². The van der Waals surface area contributed by atoms with Crippen LogP contribution in [0.4, 0.5) is 0 Å². The highest BCUT2D eigenvalue weighted by molar-refractivity contribution is 9.09. The Bertz CT molecular complexity index is 350. The molecule has 6 heteroatoms. The largest absolute Gasteiger partial charge is 0.463 e. The summed E-state index contributed by atoms with van der Waals surface area (Å²) in [5, 5.41) is 11.5. The van der Waals surface area contributed by atoms with Crippen LogP contribution in [0.1, 0.15) is 6.42 Å². The zero-order chi connectivity index (χ0) is 11.5. The van der Waals surface area contributed by atoms with Gasteiger partial charge in [-0.15, -0.1) is 0 Å². The molecule has 0 aromatic carbocycles. The number of nitro groups is 1. The lowest BCUT2D eigenvalue weighted by Crippen LogP contribution is -2.46. The molecule has 0 fully saturated rings. The molecule has 1 atom stereocenters. The molecule has 0 aliphatic heterocycles. The molecule has 1 aliphatic carbocycles. The second-order valence-electron chi connectivity index (χ2n) is 3.12. The molecule has 0 aromatic heterocycles. The van der Waals surface area contributed by atoms with E-state index in [9.17, 15) is 14.9 Å². The van der Waals surface area contributed by atoms with Crippen LogP contribution in [0.2, 0.25) is 0 Å². The van der Waals surface area contributed by atoms with Crippen molar-refractivity contribution in [1.29, 1.82) is 0 Å². The van der Waals surface area contributed by atoms with E-state index in [0.717, 1.165) is 12.7 Å². The van der Waals surface area contributed by atoms with Gasteiger partial charge in [-0.3, -0.25) is 10.1 Å². The minimum atomic E-state index is -1.75. The van der Waals surface area contributed by atoms with Gasteiger partial charge in [-0.05, 0) is 5.57 Å². The Kier molecular flexibility index (Phi) is 3.62. The predicted octanol–water partition coefficient (Wildman–Crippen LogP) is 1.46. The van der Waals surface area contributed by atoms with Gasteiger partial charge in [-0.25, -0.2) is 4.79 Å². The molecule has 0 bridgehead atoms. The van der Waals surface area contributed by atoms with Gasteiger partial charge in [0, 0.05) is 16.3 Å². The maximum absolute atomic E-state index is 11.4. The van der Waals surface area contributed by atoms with Gasteiger partial charge in [0.1, 0.15) is 0 Å². The zero-order valence-electron chi connectivity index (χ0n) is 8.10. The number of hydrogen-bond acceptors (Lipinski definition) is 4. The number of alkyl halides is 1. The summed E-state index contributed by atoms with van der Waals surface area (Å²) in [6, 6.07) is 0. The number of hydrogen-bond donors (Lipinski definition) is 0. The van der Waals surface area contributed by atoms with Crippen molar-refractivity contribution in [2.75, 3.05) is 12.4 Å². The lowest BCUT2D eigenvalue weighted by Gasteiger charge is -2.20. The summed E-state index contributed by atoms with van der Waals surface area (Å²) in [6.07, 6.45) is 4.55. The lowest BCUT2D eigenvalue weighted by atomic mass is 9.90. The Morgan fingerprint density at radius 3 is 2.80 bits per heavy atom. The first-order chi connectivity index (χ1) is 7.06. The normalized spacial score (nSPS) is 24.5. The van der Waals surface area contributed by atoms with Crippen LogP contribution in [0.15, 0.2) is 23.8 Å². The molecule has 0 spiro atoms. The highest BCUT2D eigenvalue weighted by Crippen LogP contribution is 2.26. The standard InChI is InChI=1S/C9H10BrNO4/c1-15-8(12)9(11(13)14)4-2-7(6-10)3-5-9/h2-4H,5-6H2,1H3. The van der Waals surface area contributed by atoms with Gasteiger partial charge in [0.2, 0.25) is 0 Å². The molecule has 0 amide bonds. The van der Waals surface area contributed by atoms with Gasteiger partial charge >= 0.3 is 11.5 Å². The lowest BCUT2D eigenvalue weighted by molar-refractivity contribution is -0.540. The van der Waals surface area contributed by atoms with E-state index in [0.29, 0.717) is 5.33 Å². The molecular weight excluding hydrogens is 266 g/mol. The van der Waals surface area contributed by atoms with Crippen molar-refractivity contribution < 1.29 is 14.5 Å². The first kappa shape index (κ1) is 11.9. The average molecular weight is 276 g/mol. The molecule has 0 heterocycles. The van der Waals surface area contributed by atoms with Crippen molar-refractivity contribution in [1.82, 2.24) is 0 Å². The number of rotatable bonds is 3.